The number of carbonyl (C=O) groups is 2. The maximum Gasteiger partial charge on any atom is 0.354 e. The summed E-state index contributed by atoms with van der Waals surface area (Å²) >= 11 is 0. The average Bonchev–Trinajstić information content (AvgIpc) is 2.84. The first-order valence-corrected chi connectivity index (χ1v) is 7.44. The second kappa shape index (κ2) is 7.17. The van der Waals surface area contributed by atoms with Crippen LogP contribution in [0, 0.1) is 6.92 Å². The predicted molar refractivity (Wildman–Crippen MR) is 85.8 cm³/mol. The van der Waals surface area contributed by atoms with Gasteiger partial charge in [0.2, 0.25) is 0 Å². The van der Waals surface area contributed by atoms with Crippen molar-refractivity contribution >= 4 is 22.8 Å². The van der Waals surface area contributed by atoms with Gasteiger partial charge in [-0.15, -0.1) is 0 Å². The zero-order valence-electron chi connectivity index (χ0n) is 13.8. The van der Waals surface area contributed by atoms with E-state index >= 15 is 0 Å². The second-order valence-corrected chi connectivity index (χ2v) is 5.05. The molecule has 0 aliphatic rings. The van der Waals surface area contributed by atoms with E-state index in [1.165, 1.54) is 7.11 Å². The number of aryl methyl sites for hydroxylation is 2. The standard InChI is InChI=1S/C17H21NO5/c1-5-23-15(19)8-9-18-14-7-6-12(21-3)10-13(14)11(2)16(18)17(20)22-4/h6-7,10H,5,8-9H2,1-4H3. The molecule has 1 heterocycles. The van der Waals surface area contributed by atoms with Crippen LogP contribution in [-0.2, 0) is 20.8 Å². The predicted octanol–water partition coefficient (Wildman–Crippen LogP) is 2.70. The van der Waals surface area contributed by atoms with E-state index in [0.717, 1.165) is 16.5 Å². The molecule has 0 spiro atoms. The first-order valence-electron chi connectivity index (χ1n) is 7.44. The lowest BCUT2D eigenvalue weighted by Gasteiger charge is -2.10. The van der Waals surface area contributed by atoms with Crippen LogP contribution in [0.2, 0.25) is 0 Å². The van der Waals surface area contributed by atoms with Gasteiger partial charge in [0.05, 0.1) is 27.2 Å². The maximum absolute atomic E-state index is 12.2. The van der Waals surface area contributed by atoms with E-state index < -0.39 is 5.97 Å². The average molecular weight is 319 g/mol. The van der Waals surface area contributed by atoms with Gasteiger partial charge in [0, 0.05) is 17.4 Å². The minimum absolute atomic E-state index is 0.188. The lowest BCUT2D eigenvalue weighted by molar-refractivity contribution is -0.143. The number of benzene rings is 1. The van der Waals surface area contributed by atoms with Gasteiger partial charge in [-0.3, -0.25) is 4.79 Å². The highest BCUT2D eigenvalue weighted by Crippen LogP contribution is 2.30. The van der Waals surface area contributed by atoms with Crippen LogP contribution in [-0.4, -0.2) is 37.3 Å². The quantitative estimate of drug-likeness (QED) is 0.766. The number of nitrogens with zero attached hydrogens (tertiary/aromatic N) is 1. The summed E-state index contributed by atoms with van der Waals surface area (Å²) in [6.07, 6.45) is 0.188. The highest BCUT2D eigenvalue weighted by Gasteiger charge is 2.21. The molecule has 1 aromatic carbocycles. The summed E-state index contributed by atoms with van der Waals surface area (Å²) in [5, 5.41) is 0.897. The number of hydrogen-bond donors (Lipinski definition) is 0. The Kier molecular flexibility index (Phi) is 5.26. The summed E-state index contributed by atoms with van der Waals surface area (Å²) in [4.78, 5) is 23.8. The van der Waals surface area contributed by atoms with E-state index in [1.54, 1.807) is 18.6 Å². The van der Waals surface area contributed by atoms with Crippen LogP contribution < -0.4 is 4.74 Å². The van der Waals surface area contributed by atoms with Crippen LogP contribution in [0.4, 0.5) is 0 Å². The number of carbonyl (C=O) groups excluding carboxylic acids is 2. The van der Waals surface area contributed by atoms with Crippen molar-refractivity contribution in [2.75, 3.05) is 20.8 Å². The highest BCUT2D eigenvalue weighted by molar-refractivity contribution is 5.99. The van der Waals surface area contributed by atoms with Crippen molar-refractivity contribution in [3.63, 3.8) is 0 Å². The van der Waals surface area contributed by atoms with Crippen molar-refractivity contribution in [1.82, 2.24) is 4.57 Å². The molecule has 124 valence electrons. The molecule has 2 rings (SSSR count). The number of hydrogen-bond acceptors (Lipinski definition) is 5. The first kappa shape index (κ1) is 16.9. The molecular weight excluding hydrogens is 298 g/mol. The van der Waals surface area contributed by atoms with E-state index in [2.05, 4.69) is 0 Å². The van der Waals surface area contributed by atoms with Crippen molar-refractivity contribution in [2.45, 2.75) is 26.8 Å². The summed E-state index contributed by atoms with van der Waals surface area (Å²) in [6, 6.07) is 5.57. The number of methoxy groups -OCH3 is 2. The molecule has 0 atom stereocenters. The summed E-state index contributed by atoms with van der Waals surface area (Å²) < 4.78 is 16.9. The normalized spacial score (nSPS) is 10.6. The summed E-state index contributed by atoms with van der Waals surface area (Å²) in [6.45, 7) is 4.30. The second-order valence-electron chi connectivity index (χ2n) is 5.05. The third kappa shape index (κ3) is 3.31. The molecule has 0 fully saturated rings. The largest absolute Gasteiger partial charge is 0.497 e. The van der Waals surface area contributed by atoms with Gasteiger partial charge in [0.15, 0.2) is 0 Å². The highest BCUT2D eigenvalue weighted by atomic mass is 16.5. The van der Waals surface area contributed by atoms with Crippen LogP contribution in [0.5, 0.6) is 5.75 Å². The number of fused-ring (bicyclic) bond motifs is 1. The van der Waals surface area contributed by atoms with Gasteiger partial charge in [-0.05, 0) is 37.6 Å². The lowest BCUT2D eigenvalue weighted by atomic mass is 10.1. The molecule has 0 radical (unpaired) electrons. The maximum atomic E-state index is 12.2. The Hall–Kier alpha value is -2.50. The van der Waals surface area contributed by atoms with Crippen molar-refractivity contribution in [1.29, 1.82) is 0 Å². The molecule has 0 saturated heterocycles. The van der Waals surface area contributed by atoms with E-state index in [1.807, 2.05) is 25.1 Å². The van der Waals surface area contributed by atoms with Crippen LogP contribution in [0.15, 0.2) is 18.2 Å². The Morgan fingerprint density at radius 3 is 2.57 bits per heavy atom. The molecule has 6 heteroatoms. The molecule has 0 unspecified atom stereocenters. The molecule has 23 heavy (non-hydrogen) atoms. The monoisotopic (exact) mass is 319 g/mol. The fourth-order valence-corrected chi connectivity index (χ4v) is 2.66. The molecular formula is C17H21NO5. The van der Waals surface area contributed by atoms with Gasteiger partial charge in [-0.25, -0.2) is 4.79 Å². The van der Waals surface area contributed by atoms with Gasteiger partial charge in [-0.2, -0.15) is 0 Å². The fourth-order valence-electron chi connectivity index (χ4n) is 2.66. The Bertz CT molecular complexity index is 732. The third-order valence-electron chi connectivity index (χ3n) is 3.75. The van der Waals surface area contributed by atoms with Crippen LogP contribution >= 0.6 is 0 Å². The van der Waals surface area contributed by atoms with E-state index in [4.69, 9.17) is 14.2 Å². The summed E-state index contributed by atoms with van der Waals surface area (Å²) in [5.74, 6) is -0.0163. The molecule has 0 amide bonds. The van der Waals surface area contributed by atoms with Crippen LogP contribution in [0.3, 0.4) is 0 Å². The molecule has 0 bridgehead atoms. The number of rotatable bonds is 6. The Morgan fingerprint density at radius 2 is 1.96 bits per heavy atom. The fraction of sp³-hybridized carbons (Fsp3) is 0.412. The summed E-state index contributed by atoms with van der Waals surface area (Å²) in [5.41, 5.74) is 2.10. The van der Waals surface area contributed by atoms with Gasteiger partial charge in [-0.1, -0.05) is 0 Å². The lowest BCUT2D eigenvalue weighted by Crippen LogP contribution is -2.15. The Morgan fingerprint density at radius 1 is 1.22 bits per heavy atom. The van der Waals surface area contributed by atoms with Crippen molar-refractivity contribution < 1.29 is 23.8 Å². The van der Waals surface area contributed by atoms with Crippen molar-refractivity contribution in [3.05, 3.63) is 29.5 Å². The Labute approximate surface area is 134 Å². The Balaban J connectivity index is 2.50. The molecule has 0 aliphatic carbocycles. The zero-order valence-corrected chi connectivity index (χ0v) is 13.8. The van der Waals surface area contributed by atoms with Gasteiger partial charge in [0.1, 0.15) is 11.4 Å². The minimum atomic E-state index is -0.429. The molecule has 0 aliphatic heterocycles. The SMILES string of the molecule is CCOC(=O)CCn1c(C(=O)OC)c(C)c2cc(OC)ccc21. The third-order valence-corrected chi connectivity index (χ3v) is 3.75. The number of aromatic nitrogens is 1. The van der Waals surface area contributed by atoms with Crippen molar-refractivity contribution in [3.8, 4) is 5.75 Å². The number of esters is 2. The molecule has 0 saturated carbocycles. The zero-order chi connectivity index (χ0) is 17.0. The minimum Gasteiger partial charge on any atom is -0.497 e. The van der Waals surface area contributed by atoms with Gasteiger partial charge >= 0.3 is 11.9 Å². The molecule has 1 aromatic heterocycles. The van der Waals surface area contributed by atoms with Gasteiger partial charge in [0.25, 0.3) is 0 Å². The van der Waals surface area contributed by atoms with Gasteiger partial charge < -0.3 is 18.8 Å². The van der Waals surface area contributed by atoms with E-state index in [-0.39, 0.29) is 12.4 Å². The molecule has 0 N–H and O–H groups in total. The van der Waals surface area contributed by atoms with E-state index in [0.29, 0.717) is 24.6 Å². The first-order chi connectivity index (χ1) is 11.0. The van der Waals surface area contributed by atoms with E-state index in [9.17, 15) is 9.59 Å². The smallest absolute Gasteiger partial charge is 0.354 e. The molecule has 2 aromatic rings. The van der Waals surface area contributed by atoms with Crippen molar-refractivity contribution in [2.24, 2.45) is 0 Å². The number of ether oxygens (including phenoxy) is 3. The van der Waals surface area contributed by atoms with Crippen LogP contribution in [0.1, 0.15) is 29.4 Å². The summed E-state index contributed by atoms with van der Waals surface area (Å²) in [7, 11) is 2.94. The van der Waals surface area contributed by atoms with Crippen LogP contribution in [0.25, 0.3) is 10.9 Å². The topological polar surface area (TPSA) is 66.8 Å². The molecule has 6 nitrogen and oxygen atoms in total.